The Morgan fingerprint density at radius 1 is 1.07 bits per heavy atom. The maximum absolute atomic E-state index is 13.5. The van der Waals surface area contributed by atoms with Gasteiger partial charge in [0.2, 0.25) is 0 Å². The van der Waals surface area contributed by atoms with Crippen molar-refractivity contribution in [3.8, 4) is 5.69 Å². The standard InChI is InChI=1S/C32H33ClFN5O3S/c33-29-15-26(4-7-31(29)42-20-23-2-1-3-25(34)14-23)38-32-28-16-27(5-6-30(28)36-21-37-32)39-11-8-24(19-39)18-35-17-22-9-12-43(40,41)13-10-22/h1-8,11,14-16,19,21-22,29,31,35H,9-10,12-13,17-18,20H2,(H,36,37,38). The van der Waals surface area contributed by atoms with E-state index in [9.17, 15) is 12.8 Å². The molecule has 1 fully saturated rings. The van der Waals surface area contributed by atoms with E-state index in [4.69, 9.17) is 16.3 Å². The van der Waals surface area contributed by atoms with Crippen LogP contribution >= 0.6 is 11.6 Å². The molecule has 43 heavy (non-hydrogen) atoms. The van der Waals surface area contributed by atoms with Crippen LogP contribution in [-0.2, 0) is 27.7 Å². The fourth-order valence-corrected chi connectivity index (χ4v) is 7.27. The van der Waals surface area contributed by atoms with Gasteiger partial charge < -0.3 is 19.9 Å². The number of rotatable bonds is 10. The zero-order valence-corrected chi connectivity index (χ0v) is 25.1. The highest BCUT2D eigenvalue weighted by molar-refractivity contribution is 7.91. The average Bonchev–Trinajstić information content (AvgIpc) is 3.47. The largest absolute Gasteiger partial charge is 0.368 e. The minimum Gasteiger partial charge on any atom is -0.368 e. The summed E-state index contributed by atoms with van der Waals surface area (Å²) in [6.45, 7) is 1.79. The van der Waals surface area contributed by atoms with Crippen LogP contribution in [-0.4, -0.2) is 52.5 Å². The summed E-state index contributed by atoms with van der Waals surface area (Å²) in [5, 5.41) is 7.32. The number of benzene rings is 2. The van der Waals surface area contributed by atoms with E-state index in [2.05, 4.69) is 37.4 Å². The molecule has 1 aliphatic carbocycles. The molecule has 2 aliphatic rings. The van der Waals surface area contributed by atoms with E-state index >= 15 is 0 Å². The molecule has 11 heteroatoms. The minimum atomic E-state index is -2.84. The predicted octanol–water partition coefficient (Wildman–Crippen LogP) is 5.53. The van der Waals surface area contributed by atoms with Crippen molar-refractivity contribution < 1.29 is 17.5 Å². The Kier molecular flexibility index (Phi) is 8.90. The van der Waals surface area contributed by atoms with Gasteiger partial charge in [-0.25, -0.2) is 22.8 Å². The Bertz CT molecular complexity index is 1760. The highest BCUT2D eigenvalue weighted by Gasteiger charge is 2.23. The van der Waals surface area contributed by atoms with E-state index in [1.165, 1.54) is 18.5 Å². The van der Waals surface area contributed by atoms with Gasteiger partial charge in [0, 0.05) is 35.7 Å². The van der Waals surface area contributed by atoms with Gasteiger partial charge in [-0.3, -0.25) is 0 Å². The molecule has 224 valence electrons. The summed E-state index contributed by atoms with van der Waals surface area (Å²) in [5.41, 5.74) is 4.47. The maximum atomic E-state index is 13.5. The summed E-state index contributed by atoms with van der Waals surface area (Å²) >= 11 is 6.63. The Morgan fingerprint density at radius 2 is 1.93 bits per heavy atom. The lowest BCUT2D eigenvalue weighted by molar-refractivity contribution is 0.0750. The molecule has 2 N–H and O–H groups in total. The molecular weight excluding hydrogens is 589 g/mol. The number of sulfone groups is 1. The molecule has 2 aromatic heterocycles. The third kappa shape index (κ3) is 7.51. The van der Waals surface area contributed by atoms with Gasteiger partial charge in [0.05, 0.1) is 35.1 Å². The third-order valence-corrected chi connectivity index (χ3v) is 9.91. The summed E-state index contributed by atoms with van der Waals surface area (Å²) in [6, 6.07) is 14.5. The molecule has 0 saturated carbocycles. The van der Waals surface area contributed by atoms with Crippen LogP contribution < -0.4 is 10.6 Å². The molecule has 2 aromatic carbocycles. The molecule has 1 saturated heterocycles. The number of aromatic nitrogens is 3. The predicted molar refractivity (Wildman–Crippen MR) is 167 cm³/mol. The number of hydrogen-bond acceptors (Lipinski definition) is 7. The van der Waals surface area contributed by atoms with Crippen molar-refractivity contribution in [1.29, 1.82) is 0 Å². The van der Waals surface area contributed by atoms with Crippen molar-refractivity contribution in [3.05, 3.63) is 108 Å². The number of nitrogens with one attached hydrogen (secondary N) is 2. The van der Waals surface area contributed by atoms with Crippen LogP contribution in [0.4, 0.5) is 10.2 Å². The van der Waals surface area contributed by atoms with Crippen molar-refractivity contribution in [2.24, 2.45) is 5.92 Å². The molecule has 2 unspecified atom stereocenters. The first kappa shape index (κ1) is 29.5. The zero-order valence-electron chi connectivity index (χ0n) is 23.5. The van der Waals surface area contributed by atoms with E-state index in [1.54, 1.807) is 6.07 Å². The minimum absolute atomic E-state index is 0.260. The zero-order chi connectivity index (χ0) is 29.8. The van der Waals surface area contributed by atoms with Crippen molar-refractivity contribution in [3.63, 3.8) is 0 Å². The van der Waals surface area contributed by atoms with Gasteiger partial charge in [0.1, 0.15) is 27.8 Å². The number of anilines is 1. The van der Waals surface area contributed by atoms with Crippen LogP contribution in [0.3, 0.4) is 0 Å². The SMILES string of the molecule is O=S1(=O)CCC(CNCc2ccn(-c3ccc4ncnc(NC5=CC(Cl)C(OCc6cccc(F)c6)C=C5)c4c3)c2)CC1. The van der Waals surface area contributed by atoms with Gasteiger partial charge >= 0.3 is 0 Å². The summed E-state index contributed by atoms with van der Waals surface area (Å²) in [4.78, 5) is 8.94. The van der Waals surface area contributed by atoms with Crippen LogP contribution in [0.1, 0.15) is 24.0 Å². The van der Waals surface area contributed by atoms with Gasteiger partial charge in [-0.05, 0) is 85.0 Å². The van der Waals surface area contributed by atoms with Gasteiger partial charge in [0.15, 0.2) is 0 Å². The van der Waals surface area contributed by atoms with Crippen molar-refractivity contribution in [2.75, 3.05) is 23.4 Å². The second-order valence-corrected chi connectivity index (χ2v) is 13.8. The fourth-order valence-electron chi connectivity index (χ4n) is 5.39. The molecule has 0 amide bonds. The van der Waals surface area contributed by atoms with E-state index in [0.717, 1.165) is 52.8 Å². The lowest BCUT2D eigenvalue weighted by Gasteiger charge is -2.22. The lowest BCUT2D eigenvalue weighted by atomic mass is 10.0. The first-order chi connectivity index (χ1) is 20.8. The van der Waals surface area contributed by atoms with Crippen molar-refractivity contribution >= 4 is 38.2 Å². The van der Waals surface area contributed by atoms with Crippen LogP contribution in [0.2, 0.25) is 0 Å². The number of halogens is 2. The summed E-state index contributed by atoms with van der Waals surface area (Å²) in [6.07, 6.45) is 12.4. The highest BCUT2D eigenvalue weighted by atomic mass is 35.5. The number of ether oxygens (including phenoxy) is 1. The molecule has 3 heterocycles. The Hall–Kier alpha value is -3.57. The first-order valence-electron chi connectivity index (χ1n) is 14.3. The normalized spacial score (nSPS) is 20.3. The number of nitrogens with zero attached hydrogens (tertiary/aromatic N) is 3. The number of hydrogen-bond donors (Lipinski definition) is 2. The highest BCUT2D eigenvalue weighted by Crippen LogP contribution is 2.27. The Labute approximate surface area is 255 Å². The van der Waals surface area contributed by atoms with Gasteiger partial charge in [-0.2, -0.15) is 0 Å². The van der Waals surface area contributed by atoms with Gasteiger partial charge in [-0.1, -0.05) is 18.2 Å². The molecule has 0 bridgehead atoms. The molecule has 0 radical (unpaired) electrons. The van der Waals surface area contributed by atoms with E-state index in [1.807, 2.05) is 48.7 Å². The summed E-state index contributed by atoms with van der Waals surface area (Å²) in [7, 11) is -2.84. The van der Waals surface area contributed by atoms with Crippen LogP contribution in [0.15, 0.2) is 91.2 Å². The third-order valence-electron chi connectivity index (χ3n) is 7.82. The fraction of sp³-hybridized carbons (Fsp3) is 0.312. The van der Waals surface area contributed by atoms with Crippen LogP contribution in [0, 0.1) is 11.7 Å². The number of alkyl halides is 1. The molecule has 0 spiro atoms. The van der Waals surface area contributed by atoms with E-state index in [0.29, 0.717) is 29.8 Å². The van der Waals surface area contributed by atoms with E-state index < -0.39 is 15.2 Å². The first-order valence-corrected chi connectivity index (χ1v) is 16.6. The molecule has 2 atom stereocenters. The second-order valence-electron chi connectivity index (χ2n) is 11.0. The van der Waals surface area contributed by atoms with E-state index in [-0.39, 0.29) is 18.5 Å². The molecule has 1 aliphatic heterocycles. The monoisotopic (exact) mass is 621 g/mol. The van der Waals surface area contributed by atoms with Gasteiger partial charge in [0.25, 0.3) is 0 Å². The van der Waals surface area contributed by atoms with Crippen molar-refractivity contribution in [1.82, 2.24) is 19.9 Å². The Morgan fingerprint density at radius 3 is 2.74 bits per heavy atom. The van der Waals surface area contributed by atoms with Crippen LogP contribution in [0.25, 0.3) is 16.6 Å². The number of allylic oxidation sites excluding steroid dienone is 1. The van der Waals surface area contributed by atoms with Crippen LogP contribution in [0.5, 0.6) is 0 Å². The summed E-state index contributed by atoms with van der Waals surface area (Å²) < 4.78 is 44.8. The molecule has 4 aromatic rings. The van der Waals surface area contributed by atoms with Gasteiger partial charge in [-0.15, -0.1) is 11.6 Å². The molecule has 6 rings (SSSR count). The molecule has 8 nitrogen and oxygen atoms in total. The second kappa shape index (κ2) is 13.0. The summed E-state index contributed by atoms with van der Waals surface area (Å²) in [5.74, 6) is 1.36. The van der Waals surface area contributed by atoms with Crippen molar-refractivity contribution in [2.45, 2.75) is 37.5 Å². The maximum Gasteiger partial charge on any atom is 0.150 e. The topological polar surface area (TPSA) is 98.1 Å². The number of fused-ring (bicyclic) bond motifs is 1. The smallest absolute Gasteiger partial charge is 0.150 e. The average molecular weight is 622 g/mol. The molecular formula is C32H33ClFN5O3S. The Balaban J connectivity index is 1.09. The lowest BCUT2D eigenvalue weighted by Crippen LogP contribution is -2.30. The quantitative estimate of drug-likeness (QED) is 0.225.